The maximum Gasteiger partial charge on any atom is 0.142 e. The van der Waals surface area contributed by atoms with Crippen molar-refractivity contribution < 1.29 is 9.84 Å². The molecule has 0 saturated carbocycles. The third kappa shape index (κ3) is 3.56. The molecule has 1 aliphatic rings. The number of piperazine rings is 1. The molecular formula is C20H27N3O2. The minimum absolute atomic E-state index is 0.0740. The second kappa shape index (κ2) is 6.92. The average molecular weight is 341 g/mol. The van der Waals surface area contributed by atoms with Crippen molar-refractivity contribution in [3.05, 3.63) is 48.2 Å². The number of nitrogens with zero attached hydrogens (tertiary/aromatic N) is 3. The first-order chi connectivity index (χ1) is 11.9. The Morgan fingerprint density at radius 2 is 1.88 bits per heavy atom. The van der Waals surface area contributed by atoms with E-state index in [1.807, 2.05) is 36.4 Å². The summed E-state index contributed by atoms with van der Waals surface area (Å²) < 4.78 is 5.55. The summed E-state index contributed by atoms with van der Waals surface area (Å²) in [5.41, 5.74) is 1.76. The summed E-state index contributed by atoms with van der Waals surface area (Å²) in [6, 6.07) is 14.0. The molecule has 1 saturated heterocycles. The van der Waals surface area contributed by atoms with Crippen molar-refractivity contribution in [1.82, 2.24) is 4.98 Å². The smallest absolute Gasteiger partial charge is 0.142 e. The van der Waals surface area contributed by atoms with E-state index >= 15 is 0 Å². The van der Waals surface area contributed by atoms with Gasteiger partial charge in [0.05, 0.1) is 30.1 Å². The van der Waals surface area contributed by atoms with Crippen LogP contribution in [0.4, 0.5) is 11.5 Å². The van der Waals surface area contributed by atoms with Gasteiger partial charge in [-0.05, 0) is 45.0 Å². The van der Waals surface area contributed by atoms with Crippen LogP contribution in [0.3, 0.4) is 0 Å². The van der Waals surface area contributed by atoms with E-state index < -0.39 is 6.10 Å². The minimum atomic E-state index is -0.553. The van der Waals surface area contributed by atoms with Crippen LogP contribution in [0, 0.1) is 0 Å². The second-order valence-electron chi connectivity index (χ2n) is 7.15. The Morgan fingerprint density at radius 3 is 2.56 bits per heavy atom. The van der Waals surface area contributed by atoms with Gasteiger partial charge in [-0.3, -0.25) is 0 Å². The first-order valence-corrected chi connectivity index (χ1v) is 8.73. The van der Waals surface area contributed by atoms with Crippen LogP contribution in [0.15, 0.2) is 42.5 Å². The lowest BCUT2D eigenvalue weighted by Crippen LogP contribution is -2.60. The normalized spacial score (nSPS) is 18.1. The molecule has 1 aromatic carbocycles. The molecule has 1 N–H and O–H groups in total. The van der Waals surface area contributed by atoms with Crippen molar-refractivity contribution >= 4 is 11.5 Å². The van der Waals surface area contributed by atoms with Gasteiger partial charge < -0.3 is 19.6 Å². The van der Waals surface area contributed by atoms with Crippen molar-refractivity contribution in [2.75, 3.05) is 36.5 Å². The number of aliphatic hydroxyl groups is 1. The topological polar surface area (TPSA) is 48.8 Å². The average Bonchev–Trinajstić information content (AvgIpc) is 2.61. The lowest BCUT2D eigenvalue weighted by Gasteiger charge is -2.49. The molecule has 25 heavy (non-hydrogen) atoms. The zero-order valence-corrected chi connectivity index (χ0v) is 15.4. The van der Waals surface area contributed by atoms with Crippen molar-refractivity contribution in [2.24, 2.45) is 0 Å². The maximum absolute atomic E-state index is 9.79. The minimum Gasteiger partial charge on any atom is -0.495 e. The zero-order chi connectivity index (χ0) is 18.0. The van der Waals surface area contributed by atoms with E-state index in [0.29, 0.717) is 5.69 Å². The van der Waals surface area contributed by atoms with Gasteiger partial charge in [-0.25, -0.2) is 4.98 Å². The number of pyridine rings is 1. The van der Waals surface area contributed by atoms with Gasteiger partial charge in [0, 0.05) is 19.6 Å². The highest BCUT2D eigenvalue weighted by Gasteiger charge is 2.35. The Bertz CT molecular complexity index is 730. The van der Waals surface area contributed by atoms with Crippen LogP contribution in [0.25, 0.3) is 0 Å². The van der Waals surface area contributed by atoms with Gasteiger partial charge >= 0.3 is 0 Å². The highest BCUT2D eigenvalue weighted by molar-refractivity contribution is 5.61. The molecule has 1 aliphatic heterocycles. The molecule has 0 aliphatic carbocycles. The van der Waals surface area contributed by atoms with E-state index in [1.165, 1.54) is 0 Å². The molecule has 5 heteroatoms. The highest BCUT2D eigenvalue weighted by Crippen LogP contribution is 2.35. The second-order valence-corrected chi connectivity index (χ2v) is 7.15. The van der Waals surface area contributed by atoms with Crippen molar-refractivity contribution in [3.8, 4) is 5.75 Å². The predicted octanol–water partition coefficient (Wildman–Crippen LogP) is 3.25. The van der Waals surface area contributed by atoms with Crippen LogP contribution < -0.4 is 14.5 Å². The fourth-order valence-electron chi connectivity index (χ4n) is 3.50. The lowest BCUT2D eigenvalue weighted by molar-refractivity contribution is 0.194. The van der Waals surface area contributed by atoms with Gasteiger partial charge in [0.25, 0.3) is 0 Å². The molecule has 2 aromatic rings. The molecule has 1 atom stereocenters. The van der Waals surface area contributed by atoms with Crippen molar-refractivity contribution in [2.45, 2.75) is 32.4 Å². The van der Waals surface area contributed by atoms with Gasteiger partial charge in [0.2, 0.25) is 0 Å². The van der Waals surface area contributed by atoms with E-state index in [0.717, 1.165) is 36.9 Å². The molecule has 134 valence electrons. The Hall–Kier alpha value is -2.27. The number of aliphatic hydroxyl groups excluding tert-OH is 1. The number of hydrogen-bond donors (Lipinski definition) is 1. The number of ether oxygens (including phenoxy) is 1. The molecule has 5 nitrogen and oxygen atoms in total. The summed E-state index contributed by atoms with van der Waals surface area (Å²) in [6.07, 6.45) is -0.553. The molecule has 0 amide bonds. The number of rotatable bonds is 4. The Kier molecular flexibility index (Phi) is 4.86. The predicted molar refractivity (Wildman–Crippen MR) is 102 cm³/mol. The van der Waals surface area contributed by atoms with Crippen LogP contribution in [-0.4, -0.2) is 42.4 Å². The fraction of sp³-hybridized carbons (Fsp3) is 0.450. The molecule has 0 unspecified atom stereocenters. The van der Waals surface area contributed by atoms with Gasteiger partial charge in [-0.2, -0.15) is 0 Å². The third-order valence-corrected chi connectivity index (χ3v) is 4.79. The van der Waals surface area contributed by atoms with E-state index in [9.17, 15) is 5.11 Å². The number of para-hydroxylation sites is 2. The zero-order valence-electron chi connectivity index (χ0n) is 15.4. The molecule has 2 heterocycles. The van der Waals surface area contributed by atoms with Crippen LogP contribution in [-0.2, 0) is 0 Å². The van der Waals surface area contributed by atoms with Gasteiger partial charge in [-0.15, -0.1) is 0 Å². The van der Waals surface area contributed by atoms with E-state index in [-0.39, 0.29) is 5.54 Å². The maximum atomic E-state index is 9.79. The molecule has 1 fully saturated rings. The fourth-order valence-corrected chi connectivity index (χ4v) is 3.50. The third-order valence-electron chi connectivity index (χ3n) is 4.79. The molecule has 0 radical (unpaired) electrons. The van der Waals surface area contributed by atoms with Gasteiger partial charge in [0.1, 0.15) is 11.6 Å². The summed E-state index contributed by atoms with van der Waals surface area (Å²) in [5.74, 6) is 1.82. The first-order valence-electron chi connectivity index (χ1n) is 8.73. The van der Waals surface area contributed by atoms with E-state index in [4.69, 9.17) is 4.74 Å². The van der Waals surface area contributed by atoms with Gasteiger partial charge in [-0.1, -0.05) is 18.2 Å². The summed E-state index contributed by atoms with van der Waals surface area (Å²) >= 11 is 0. The van der Waals surface area contributed by atoms with Crippen molar-refractivity contribution in [1.29, 1.82) is 0 Å². The largest absolute Gasteiger partial charge is 0.495 e. The Balaban J connectivity index is 1.84. The molecule has 0 bridgehead atoms. The summed E-state index contributed by atoms with van der Waals surface area (Å²) in [5, 5.41) is 9.79. The monoisotopic (exact) mass is 341 g/mol. The number of benzene rings is 1. The van der Waals surface area contributed by atoms with Crippen molar-refractivity contribution in [3.63, 3.8) is 0 Å². The lowest BCUT2D eigenvalue weighted by atomic mass is 9.97. The molecule has 0 spiro atoms. The van der Waals surface area contributed by atoms with Crippen LogP contribution in [0.1, 0.15) is 32.6 Å². The SMILES string of the molecule is COc1ccccc1N1CCN(c2cccc([C@H](C)O)n2)CC1(C)C. The number of aromatic nitrogens is 1. The van der Waals surface area contributed by atoms with Gasteiger partial charge in [0.15, 0.2) is 0 Å². The van der Waals surface area contributed by atoms with Crippen LogP contribution in [0.5, 0.6) is 5.75 Å². The van der Waals surface area contributed by atoms with E-state index in [1.54, 1.807) is 14.0 Å². The van der Waals surface area contributed by atoms with E-state index in [2.05, 4.69) is 34.7 Å². The highest BCUT2D eigenvalue weighted by atomic mass is 16.5. The van der Waals surface area contributed by atoms with Crippen LogP contribution in [0.2, 0.25) is 0 Å². The first kappa shape index (κ1) is 17.5. The number of hydrogen-bond acceptors (Lipinski definition) is 5. The van der Waals surface area contributed by atoms with Crippen LogP contribution >= 0.6 is 0 Å². The molecule has 1 aromatic heterocycles. The number of methoxy groups -OCH3 is 1. The Labute approximate surface area is 149 Å². The Morgan fingerprint density at radius 1 is 1.12 bits per heavy atom. The standard InChI is InChI=1S/C20H27N3O2/c1-15(24)16-8-7-11-19(21-16)22-12-13-23(20(2,3)14-22)17-9-5-6-10-18(17)25-4/h5-11,15,24H,12-14H2,1-4H3/t15-/m0/s1. The quantitative estimate of drug-likeness (QED) is 0.925. The summed E-state index contributed by atoms with van der Waals surface area (Å²) in [7, 11) is 1.72. The molecule has 3 rings (SSSR count). The molecular weight excluding hydrogens is 314 g/mol. The summed E-state index contributed by atoms with van der Waals surface area (Å²) in [4.78, 5) is 9.32. The summed E-state index contributed by atoms with van der Waals surface area (Å²) in [6.45, 7) is 8.83. The number of anilines is 2.